The van der Waals surface area contributed by atoms with Gasteiger partial charge in [-0.2, -0.15) is 0 Å². The van der Waals surface area contributed by atoms with Crippen LogP contribution in [0.15, 0.2) is 36.4 Å². The average Bonchev–Trinajstić information content (AvgIpc) is 3.04. The van der Waals surface area contributed by atoms with Crippen LogP contribution in [-0.2, 0) is 24.4 Å². The second kappa shape index (κ2) is 7.30. The van der Waals surface area contributed by atoms with Crippen LogP contribution < -0.4 is 0 Å². The fourth-order valence-corrected chi connectivity index (χ4v) is 3.61. The molecule has 2 aromatic carbocycles. The van der Waals surface area contributed by atoms with E-state index in [0.717, 1.165) is 24.2 Å². The molecule has 0 unspecified atom stereocenters. The smallest absolute Gasteiger partial charge is 0.0737 e. The van der Waals surface area contributed by atoms with E-state index in [1.165, 1.54) is 33.1 Å². The van der Waals surface area contributed by atoms with Gasteiger partial charge in [0.1, 0.15) is 0 Å². The summed E-state index contributed by atoms with van der Waals surface area (Å²) in [6, 6.07) is 12.4. The topological polar surface area (TPSA) is 9.23 Å². The van der Waals surface area contributed by atoms with Crippen molar-refractivity contribution in [3.8, 4) is 11.8 Å². The zero-order valence-corrected chi connectivity index (χ0v) is 14.9. The summed E-state index contributed by atoms with van der Waals surface area (Å²) in [6.45, 7) is 3.66. The maximum atomic E-state index is 5.68. The standard InChI is InChI=1S/C20H19IO/c1-2-3-9-17-12-16(11-10-15-7-5-4-6-8-15)18-13-22-14-19(18)20(17)21/h4-8,12H,2-3,9,13-14H2,1H3. The van der Waals surface area contributed by atoms with Crippen molar-refractivity contribution in [2.24, 2.45) is 0 Å². The largest absolute Gasteiger partial charge is 0.372 e. The third-order valence-corrected chi connectivity index (χ3v) is 5.31. The van der Waals surface area contributed by atoms with Crippen molar-refractivity contribution in [2.45, 2.75) is 39.4 Å². The Morgan fingerprint density at radius 1 is 1.09 bits per heavy atom. The van der Waals surface area contributed by atoms with Crippen LogP contribution in [0.5, 0.6) is 0 Å². The highest BCUT2D eigenvalue weighted by Crippen LogP contribution is 2.31. The molecule has 0 spiro atoms. The molecule has 2 aromatic rings. The van der Waals surface area contributed by atoms with E-state index in [9.17, 15) is 0 Å². The van der Waals surface area contributed by atoms with Crippen LogP contribution in [0.4, 0.5) is 0 Å². The predicted molar refractivity (Wildman–Crippen MR) is 98.7 cm³/mol. The first kappa shape index (κ1) is 15.6. The van der Waals surface area contributed by atoms with Gasteiger partial charge in [0.15, 0.2) is 0 Å². The molecule has 1 aliphatic rings. The third-order valence-electron chi connectivity index (χ3n) is 3.96. The Kier molecular flexibility index (Phi) is 5.17. The number of ether oxygens (including phenoxy) is 1. The zero-order valence-electron chi connectivity index (χ0n) is 12.8. The van der Waals surface area contributed by atoms with Crippen LogP contribution in [0.1, 0.15) is 47.6 Å². The summed E-state index contributed by atoms with van der Waals surface area (Å²) >= 11 is 2.47. The summed E-state index contributed by atoms with van der Waals surface area (Å²) in [4.78, 5) is 0. The second-order valence-electron chi connectivity index (χ2n) is 5.57. The van der Waals surface area contributed by atoms with Crippen molar-refractivity contribution < 1.29 is 4.74 Å². The Morgan fingerprint density at radius 2 is 1.86 bits per heavy atom. The summed E-state index contributed by atoms with van der Waals surface area (Å²) in [6.07, 6.45) is 3.57. The van der Waals surface area contributed by atoms with Crippen LogP contribution in [-0.4, -0.2) is 0 Å². The van der Waals surface area contributed by atoms with Crippen LogP contribution in [0.25, 0.3) is 0 Å². The van der Waals surface area contributed by atoms with Crippen molar-refractivity contribution in [3.05, 3.63) is 67.8 Å². The van der Waals surface area contributed by atoms with E-state index in [1.54, 1.807) is 0 Å². The van der Waals surface area contributed by atoms with Crippen LogP contribution in [0.3, 0.4) is 0 Å². The Bertz CT molecular complexity index is 723. The summed E-state index contributed by atoms with van der Waals surface area (Å²) in [5.41, 5.74) is 6.26. The highest BCUT2D eigenvalue weighted by atomic mass is 127. The second-order valence-corrected chi connectivity index (χ2v) is 6.65. The van der Waals surface area contributed by atoms with E-state index in [1.807, 2.05) is 18.2 Å². The Morgan fingerprint density at radius 3 is 2.64 bits per heavy atom. The molecule has 2 heteroatoms. The Balaban J connectivity index is 2.00. The van der Waals surface area contributed by atoms with Gasteiger partial charge < -0.3 is 4.74 Å². The quantitative estimate of drug-likeness (QED) is 0.515. The van der Waals surface area contributed by atoms with Crippen LogP contribution in [0.2, 0.25) is 0 Å². The van der Waals surface area contributed by atoms with Gasteiger partial charge in [0.25, 0.3) is 0 Å². The van der Waals surface area contributed by atoms with Crippen molar-refractivity contribution in [3.63, 3.8) is 0 Å². The zero-order chi connectivity index (χ0) is 15.4. The van der Waals surface area contributed by atoms with E-state index in [0.29, 0.717) is 6.61 Å². The molecule has 0 bridgehead atoms. The van der Waals surface area contributed by atoms with Gasteiger partial charge in [-0.05, 0) is 70.3 Å². The monoisotopic (exact) mass is 402 g/mol. The SMILES string of the molecule is CCCCc1cc(C#Cc2ccccc2)c2c(c1I)COC2. The number of hydrogen-bond acceptors (Lipinski definition) is 1. The molecule has 1 heterocycles. The van der Waals surface area contributed by atoms with Crippen molar-refractivity contribution in [2.75, 3.05) is 0 Å². The molecule has 0 aromatic heterocycles. The molecule has 1 aliphatic heterocycles. The number of benzene rings is 2. The van der Waals surface area contributed by atoms with Gasteiger partial charge in [0.2, 0.25) is 0 Å². The Labute approximate surface area is 146 Å². The summed E-state index contributed by atoms with van der Waals surface area (Å²) < 4.78 is 7.05. The first-order valence-electron chi connectivity index (χ1n) is 7.77. The molecule has 22 heavy (non-hydrogen) atoms. The average molecular weight is 402 g/mol. The molecule has 1 nitrogen and oxygen atoms in total. The molecular formula is C20H19IO. The number of halogens is 1. The van der Waals surface area contributed by atoms with Gasteiger partial charge in [-0.1, -0.05) is 43.4 Å². The van der Waals surface area contributed by atoms with Gasteiger partial charge >= 0.3 is 0 Å². The van der Waals surface area contributed by atoms with E-state index in [-0.39, 0.29) is 0 Å². The molecule has 0 N–H and O–H groups in total. The molecule has 3 rings (SSSR count). The minimum absolute atomic E-state index is 0.693. The van der Waals surface area contributed by atoms with Crippen molar-refractivity contribution in [1.82, 2.24) is 0 Å². The van der Waals surface area contributed by atoms with Crippen LogP contribution in [0, 0.1) is 15.4 Å². The summed E-state index contributed by atoms with van der Waals surface area (Å²) in [5.74, 6) is 6.66. The lowest BCUT2D eigenvalue weighted by Gasteiger charge is -2.10. The minimum atomic E-state index is 0.693. The molecule has 0 saturated carbocycles. The number of unbranched alkanes of at least 4 members (excludes halogenated alkanes) is 1. The number of aryl methyl sites for hydroxylation is 1. The van der Waals surface area contributed by atoms with E-state index in [4.69, 9.17) is 4.74 Å². The third kappa shape index (κ3) is 3.37. The van der Waals surface area contributed by atoms with Gasteiger partial charge in [0.05, 0.1) is 13.2 Å². The lowest BCUT2D eigenvalue weighted by molar-refractivity contribution is 0.134. The molecule has 0 atom stereocenters. The molecular weight excluding hydrogens is 383 g/mol. The van der Waals surface area contributed by atoms with Gasteiger partial charge in [-0.15, -0.1) is 0 Å². The van der Waals surface area contributed by atoms with Gasteiger partial charge in [-0.3, -0.25) is 0 Å². The van der Waals surface area contributed by atoms with Crippen LogP contribution >= 0.6 is 22.6 Å². The molecule has 0 saturated heterocycles. The van der Waals surface area contributed by atoms with E-state index in [2.05, 4.69) is 59.6 Å². The fraction of sp³-hybridized carbons (Fsp3) is 0.300. The Hall–Kier alpha value is -1.31. The highest BCUT2D eigenvalue weighted by molar-refractivity contribution is 14.1. The number of rotatable bonds is 3. The summed E-state index contributed by atoms with van der Waals surface area (Å²) in [7, 11) is 0. The first-order chi connectivity index (χ1) is 10.8. The van der Waals surface area contributed by atoms with Gasteiger partial charge in [-0.25, -0.2) is 0 Å². The normalized spacial score (nSPS) is 12.6. The molecule has 0 radical (unpaired) electrons. The molecule has 0 fully saturated rings. The minimum Gasteiger partial charge on any atom is -0.372 e. The number of fused-ring (bicyclic) bond motifs is 1. The maximum Gasteiger partial charge on any atom is 0.0737 e. The maximum absolute atomic E-state index is 5.68. The number of hydrogen-bond donors (Lipinski definition) is 0. The predicted octanol–water partition coefficient (Wildman–Crippen LogP) is 5.06. The fourth-order valence-electron chi connectivity index (χ4n) is 2.71. The highest BCUT2D eigenvalue weighted by Gasteiger charge is 2.20. The lowest BCUT2D eigenvalue weighted by atomic mass is 9.97. The lowest BCUT2D eigenvalue weighted by Crippen LogP contribution is -1.99. The first-order valence-corrected chi connectivity index (χ1v) is 8.85. The van der Waals surface area contributed by atoms with Gasteiger partial charge in [0, 0.05) is 14.7 Å². The van der Waals surface area contributed by atoms with E-state index >= 15 is 0 Å². The van der Waals surface area contributed by atoms with Crippen molar-refractivity contribution in [1.29, 1.82) is 0 Å². The molecule has 0 aliphatic carbocycles. The summed E-state index contributed by atoms with van der Waals surface area (Å²) in [5, 5.41) is 0. The van der Waals surface area contributed by atoms with E-state index < -0.39 is 0 Å². The molecule has 112 valence electrons. The molecule has 0 amide bonds. The van der Waals surface area contributed by atoms with Crippen molar-refractivity contribution >= 4 is 22.6 Å².